The van der Waals surface area contributed by atoms with E-state index in [1.54, 1.807) is 37.3 Å². The molecule has 0 heterocycles. The smallest absolute Gasteiger partial charge is 0.244 e. The highest BCUT2D eigenvalue weighted by Crippen LogP contribution is 2.25. The number of sulfonamides is 1. The van der Waals surface area contributed by atoms with Gasteiger partial charge in [0.1, 0.15) is 18.3 Å². The van der Waals surface area contributed by atoms with Crippen LogP contribution >= 0.6 is 23.2 Å². The van der Waals surface area contributed by atoms with Crippen LogP contribution in [0.25, 0.3) is 0 Å². The molecule has 0 fully saturated rings. The summed E-state index contributed by atoms with van der Waals surface area (Å²) in [5.74, 6) is -0.553. The number of nitrogens with zero attached hydrogens (tertiary/aromatic N) is 2. The molecule has 0 aliphatic carbocycles. The SMILES string of the molecule is CNC(=O)[C@H](C)N(Cc1ccc(Cl)cc1Cl)C(=O)CN(c1cccc(OC)c1)S(C)(=O)=O. The first-order chi connectivity index (χ1) is 15.0. The number of amides is 2. The normalized spacial score (nSPS) is 12.1. The molecule has 0 aliphatic rings. The topological polar surface area (TPSA) is 96.0 Å². The van der Waals surface area contributed by atoms with Crippen molar-refractivity contribution in [2.75, 3.05) is 31.3 Å². The van der Waals surface area contributed by atoms with Crippen LogP contribution in [-0.2, 0) is 26.2 Å². The summed E-state index contributed by atoms with van der Waals surface area (Å²) in [6.45, 7) is 1.02. The van der Waals surface area contributed by atoms with Crippen molar-refractivity contribution in [2.24, 2.45) is 0 Å². The molecule has 2 amide bonds. The van der Waals surface area contributed by atoms with Gasteiger partial charge in [-0.25, -0.2) is 8.42 Å². The Morgan fingerprint density at radius 3 is 2.41 bits per heavy atom. The molecular formula is C21H25Cl2N3O5S. The molecule has 1 atom stereocenters. The number of likely N-dealkylation sites (N-methyl/N-ethyl adjacent to an activating group) is 1. The van der Waals surface area contributed by atoms with E-state index in [9.17, 15) is 18.0 Å². The number of halogens is 2. The molecule has 2 aromatic carbocycles. The fourth-order valence-electron chi connectivity index (χ4n) is 3.00. The minimum Gasteiger partial charge on any atom is -0.497 e. The Hall–Kier alpha value is -2.49. The molecule has 2 aromatic rings. The molecule has 32 heavy (non-hydrogen) atoms. The van der Waals surface area contributed by atoms with Gasteiger partial charge in [-0.2, -0.15) is 0 Å². The molecule has 0 saturated heterocycles. The van der Waals surface area contributed by atoms with E-state index in [0.29, 0.717) is 21.4 Å². The maximum atomic E-state index is 13.3. The summed E-state index contributed by atoms with van der Waals surface area (Å²) in [5, 5.41) is 3.26. The number of methoxy groups -OCH3 is 1. The predicted molar refractivity (Wildman–Crippen MR) is 126 cm³/mol. The lowest BCUT2D eigenvalue weighted by Gasteiger charge is -2.31. The number of carbonyl (C=O) groups excluding carboxylic acids is 2. The third kappa shape index (κ3) is 6.51. The molecule has 0 radical (unpaired) electrons. The number of hydrogen-bond donors (Lipinski definition) is 1. The number of carbonyl (C=O) groups is 2. The van der Waals surface area contributed by atoms with Crippen LogP contribution in [0, 0.1) is 0 Å². The second kappa shape index (κ2) is 10.9. The highest BCUT2D eigenvalue weighted by molar-refractivity contribution is 7.92. The Morgan fingerprint density at radius 2 is 1.84 bits per heavy atom. The van der Waals surface area contributed by atoms with E-state index in [0.717, 1.165) is 10.6 Å². The van der Waals surface area contributed by atoms with E-state index in [-0.39, 0.29) is 12.2 Å². The van der Waals surface area contributed by atoms with Crippen LogP contribution in [0.2, 0.25) is 10.0 Å². The first-order valence-corrected chi connectivity index (χ1v) is 12.1. The summed E-state index contributed by atoms with van der Waals surface area (Å²) < 4.78 is 31.1. The summed E-state index contributed by atoms with van der Waals surface area (Å²) in [6.07, 6.45) is 1.00. The van der Waals surface area contributed by atoms with Crippen LogP contribution in [0.5, 0.6) is 5.75 Å². The minimum absolute atomic E-state index is 0.0147. The maximum Gasteiger partial charge on any atom is 0.244 e. The Morgan fingerprint density at radius 1 is 1.16 bits per heavy atom. The molecule has 11 heteroatoms. The van der Waals surface area contributed by atoms with E-state index < -0.39 is 34.4 Å². The summed E-state index contributed by atoms with van der Waals surface area (Å²) in [7, 11) is -0.913. The summed E-state index contributed by atoms with van der Waals surface area (Å²) in [5.41, 5.74) is 0.824. The minimum atomic E-state index is -3.82. The molecule has 2 rings (SSSR count). The Labute approximate surface area is 198 Å². The fourth-order valence-corrected chi connectivity index (χ4v) is 4.31. The number of hydrogen-bond acceptors (Lipinski definition) is 5. The van der Waals surface area contributed by atoms with Crippen LogP contribution in [0.3, 0.4) is 0 Å². The molecule has 174 valence electrons. The van der Waals surface area contributed by atoms with Gasteiger partial charge in [0.15, 0.2) is 0 Å². The van der Waals surface area contributed by atoms with Gasteiger partial charge in [0.25, 0.3) is 0 Å². The lowest BCUT2D eigenvalue weighted by molar-refractivity contribution is -0.139. The maximum absolute atomic E-state index is 13.3. The molecule has 0 saturated carbocycles. The van der Waals surface area contributed by atoms with Crippen LogP contribution in [-0.4, -0.2) is 58.1 Å². The standard InChI is InChI=1S/C21H25Cl2N3O5S/c1-14(21(28)24-2)25(12-15-8-9-16(22)10-19(15)23)20(27)13-26(32(4,29)30)17-6-5-7-18(11-17)31-3/h5-11,14H,12-13H2,1-4H3,(H,24,28)/t14-/m0/s1. The van der Waals surface area contributed by atoms with Crippen molar-refractivity contribution in [3.8, 4) is 5.75 Å². The average molecular weight is 502 g/mol. The van der Waals surface area contributed by atoms with E-state index in [1.807, 2.05) is 0 Å². The Kier molecular flexibility index (Phi) is 8.77. The van der Waals surface area contributed by atoms with Crippen LogP contribution in [0.4, 0.5) is 5.69 Å². The van der Waals surface area contributed by atoms with Crippen molar-refractivity contribution in [3.63, 3.8) is 0 Å². The monoisotopic (exact) mass is 501 g/mol. The Balaban J connectivity index is 2.42. The molecule has 8 nitrogen and oxygen atoms in total. The number of nitrogens with one attached hydrogen (secondary N) is 1. The summed E-state index contributed by atoms with van der Waals surface area (Å²) >= 11 is 12.2. The van der Waals surface area contributed by atoms with Gasteiger partial charge in [-0.3, -0.25) is 13.9 Å². The molecule has 0 spiro atoms. The fraction of sp³-hybridized carbons (Fsp3) is 0.333. The largest absolute Gasteiger partial charge is 0.497 e. The van der Waals surface area contributed by atoms with Crippen LogP contribution in [0.15, 0.2) is 42.5 Å². The first kappa shape index (κ1) is 25.8. The molecule has 0 unspecified atom stereocenters. The van der Waals surface area contributed by atoms with Crippen molar-refractivity contribution in [1.29, 1.82) is 0 Å². The van der Waals surface area contributed by atoms with E-state index in [1.165, 1.54) is 31.2 Å². The molecule has 1 N–H and O–H groups in total. The van der Waals surface area contributed by atoms with Crippen molar-refractivity contribution in [3.05, 3.63) is 58.1 Å². The van der Waals surface area contributed by atoms with Crippen molar-refractivity contribution < 1.29 is 22.7 Å². The first-order valence-electron chi connectivity index (χ1n) is 9.54. The van der Waals surface area contributed by atoms with Gasteiger partial charge in [-0.05, 0) is 36.8 Å². The molecule has 0 bridgehead atoms. The zero-order valence-corrected chi connectivity index (χ0v) is 20.5. The van der Waals surface area contributed by atoms with Gasteiger partial charge in [0.2, 0.25) is 21.8 Å². The molecule has 0 aliphatic heterocycles. The zero-order chi connectivity index (χ0) is 24.1. The zero-order valence-electron chi connectivity index (χ0n) is 18.1. The van der Waals surface area contributed by atoms with E-state index >= 15 is 0 Å². The van der Waals surface area contributed by atoms with Crippen molar-refractivity contribution >= 4 is 50.7 Å². The predicted octanol–water partition coefficient (Wildman–Crippen LogP) is 2.93. The lowest BCUT2D eigenvalue weighted by Crippen LogP contribution is -2.50. The number of rotatable bonds is 9. The second-order valence-corrected chi connectivity index (χ2v) is 9.77. The number of ether oxygens (including phenoxy) is 1. The lowest BCUT2D eigenvalue weighted by atomic mass is 10.1. The Bertz CT molecular complexity index is 1090. The third-order valence-corrected chi connectivity index (χ3v) is 6.52. The van der Waals surface area contributed by atoms with Gasteiger partial charge in [0.05, 0.1) is 19.1 Å². The summed E-state index contributed by atoms with van der Waals surface area (Å²) in [4.78, 5) is 26.9. The summed E-state index contributed by atoms with van der Waals surface area (Å²) in [6, 6.07) is 10.3. The van der Waals surface area contributed by atoms with Gasteiger partial charge in [-0.15, -0.1) is 0 Å². The highest BCUT2D eigenvalue weighted by atomic mass is 35.5. The van der Waals surface area contributed by atoms with E-state index in [2.05, 4.69) is 5.32 Å². The van der Waals surface area contributed by atoms with Crippen LogP contribution in [0.1, 0.15) is 12.5 Å². The number of anilines is 1. The molecule has 0 aromatic heterocycles. The van der Waals surface area contributed by atoms with Gasteiger partial charge in [0, 0.05) is 29.7 Å². The second-order valence-electron chi connectivity index (χ2n) is 7.02. The van der Waals surface area contributed by atoms with Gasteiger partial charge >= 0.3 is 0 Å². The average Bonchev–Trinajstić information content (AvgIpc) is 2.75. The number of benzene rings is 2. The highest BCUT2D eigenvalue weighted by Gasteiger charge is 2.30. The van der Waals surface area contributed by atoms with Gasteiger partial charge < -0.3 is 15.0 Å². The quantitative estimate of drug-likeness (QED) is 0.569. The van der Waals surface area contributed by atoms with Crippen molar-refractivity contribution in [2.45, 2.75) is 19.5 Å². The van der Waals surface area contributed by atoms with Crippen molar-refractivity contribution in [1.82, 2.24) is 10.2 Å². The van der Waals surface area contributed by atoms with Crippen LogP contribution < -0.4 is 14.4 Å². The van der Waals surface area contributed by atoms with E-state index in [4.69, 9.17) is 27.9 Å². The van der Waals surface area contributed by atoms with Gasteiger partial charge in [-0.1, -0.05) is 35.3 Å². The third-order valence-electron chi connectivity index (χ3n) is 4.79. The molecular weight excluding hydrogens is 477 g/mol.